The van der Waals surface area contributed by atoms with Crippen LogP contribution in [0, 0.1) is 23.2 Å². The molecule has 0 saturated carbocycles. The number of aliphatic hydroxyl groups excluding tert-OH is 9. The molecule has 1 aliphatic heterocycles. The molecular formula is C43H86O18. The molecule has 1 aliphatic rings. The highest BCUT2D eigenvalue weighted by Crippen LogP contribution is 2.27. The summed E-state index contributed by atoms with van der Waals surface area (Å²) >= 11 is 0. The summed E-state index contributed by atoms with van der Waals surface area (Å²) in [6, 6.07) is 0. The zero-order valence-corrected chi connectivity index (χ0v) is 38.0. The van der Waals surface area contributed by atoms with E-state index in [1.807, 2.05) is 27.7 Å². The first kappa shape index (κ1) is 58.3. The van der Waals surface area contributed by atoms with E-state index in [9.17, 15) is 46.0 Å². The Hall–Kier alpha value is -0.720. The molecule has 18 nitrogen and oxygen atoms in total. The fourth-order valence-electron chi connectivity index (χ4n) is 6.41. The Morgan fingerprint density at radius 2 is 0.934 bits per heavy atom. The van der Waals surface area contributed by atoms with E-state index in [0.29, 0.717) is 59.5 Å². The number of unbranched alkanes of at least 4 members (excludes halogenated alkanes) is 6. The molecule has 0 aromatic rings. The van der Waals surface area contributed by atoms with Gasteiger partial charge in [-0.2, -0.15) is 0 Å². The van der Waals surface area contributed by atoms with Crippen LogP contribution in [0.2, 0.25) is 0 Å². The topological polar surface area (TPSA) is 265 Å². The second-order valence-electron chi connectivity index (χ2n) is 17.3. The normalized spacial score (nSPS) is 23.9. The molecule has 0 aliphatic carbocycles. The summed E-state index contributed by atoms with van der Waals surface area (Å²) in [7, 11) is 0. The molecule has 0 radical (unpaired) electrons. The molecule has 1 fully saturated rings. The zero-order valence-electron chi connectivity index (χ0n) is 38.0. The van der Waals surface area contributed by atoms with Gasteiger partial charge in [-0.05, 0) is 57.8 Å². The number of hydrogen-bond acceptors (Lipinski definition) is 18. The molecule has 1 saturated heterocycles. The van der Waals surface area contributed by atoms with E-state index < -0.39 is 106 Å². The predicted molar refractivity (Wildman–Crippen MR) is 224 cm³/mol. The lowest BCUT2D eigenvalue weighted by molar-refractivity contribution is -0.282. The molecule has 1 rings (SSSR count). The van der Waals surface area contributed by atoms with Crippen molar-refractivity contribution in [1.29, 1.82) is 0 Å². The smallest absolute Gasteiger partial charge is 0.163 e. The molecule has 11 atom stereocenters. The standard InChI is InChI=1S/C43H86O18/c1-30(2)40(59-35(24-46)33(49)22-44)56-19-13-7-10-16-53-27-43(6,28-54-17-11-8-14-20-57-41(31(3)4)60-36(25-47)34(50)23-45)29-55-18-12-9-15-21-58-42-32(5)38(51)39(52)37(26-48)61-42/h30-42,44-52H,7-29H2,1-6H3/t32-,33+,34+,35?,36?,37?,38?,39-,40+,41+,42+,43?/m0/s1. The first-order valence-corrected chi connectivity index (χ1v) is 22.5. The SMILES string of the molecule is CC(C)[C@H](OCCCCCOCC(C)(COCCCCCO[C@H](OC(CO)[C@H](O)CO)C(C)C)COCCCCCO[C@@H]1OC(CO)[C@H](O)C(O)[C@@H]1C)OC(CO)[C@H](O)CO. The van der Waals surface area contributed by atoms with Gasteiger partial charge in [0, 0.05) is 62.8 Å². The molecule has 366 valence electrons. The first-order valence-electron chi connectivity index (χ1n) is 22.5. The van der Waals surface area contributed by atoms with Crippen LogP contribution in [0.4, 0.5) is 0 Å². The van der Waals surface area contributed by atoms with E-state index in [1.165, 1.54) is 0 Å². The Bertz CT molecular complexity index is 962. The van der Waals surface area contributed by atoms with Gasteiger partial charge in [-0.3, -0.25) is 0 Å². The van der Waals surface area contributed by atoms with Gasteiger partial charge in [-0.25, -0.2) is 0 Å². The van der Waals surface area contributed by atoms with Gasteiger partial charge >= 0.3 is 0 Å². The van der Waals surface area contributed by atoms with Gasteiger partial charge in [0.2, 0.25) is 0 Å². The first-order chi connectivity index (χ1) is 29.2. The second-order valence-corrected chi connectivity index (χ2v) is 17.3. The van der Waals surface area contributed by atoms with Gasteiger partial charge in [-0.15, -0.1) is 0 Å². The van der Waals surface area contributed by atoms with Crippen LogP contribution in [0.5, 0.6) is 0 Å². The lowest BCUT2D eigenvalue weighted by Gasteiger charge is -2.40. The largest absolute Gasteiger partial charge is 0.394 e. The number of ether oxygens (including phenoxy) is 9. The summed E-state index contributed by atoms with van der Waals surface area (Å²) in [6.45, 7) is 13.4. The van der Waals surface area contributed by atoms with Crippen LogP contribution in [0.15, 0.2) is 0 Å². The Labute approximate surface area is 364 Å². The molecule has 0 amide bonds. The van der Waals surface area contributed by atoms with E-state index in [4.69, 9.17) is 42.6 Å². The van der Waals surface area contributed by atoms with Crippen LogP contribution in [0.25, 0.3) is 0 Å². The molecule has 4 unspecified atom stereocenters. The molecule has 9 N–H and O–H groups in total. The second kappa shape index (κ2) is 34.6. The van der Waals surface area contributed by atoms with Gasteiger partial charge < -0.3 is 88.6 Å². The van der Waals surface area contributed by atoms with Gasteiger partial charge in [0.25, 0.3) is 0 Å². The van der Waals surface area contributed by atoms with E-state index in [-0.39, 0.29) is 11.8 Å². The molecule has 1 heterocycles. The van der Waals surface area contributed by atoms with Crippen LogP contribution >= 0.6 is 0 Å². The third kappa shape index (κ3) is 24.4. The van der Waals surface area contributed by atoms with Crippen molar-refractivity contribution >= 4 is 0 Å². The van der Waals surface area contributed by atoms with Crippen molar-refractivity contribution in [1.82, 2.24) is 0 Å². The van der Waals surface area contributed by atoms with Gasteiger partial charge in [0.1, 0.15) is 36.6 Å². The minimum absolute atomic E-state index is 0.0175. The maximum absolute atomic E-state index is 10.3. The van der Waals surface area contributed by atoms with Crippen molar-refractivity contribution in [2.75, 3.05) is 92.5 Å². The van der Waals surface area contributed by atoms with Crippen molar-refractivity contribution in [2.45, 2.75) is 161 Å². The van der Waals surface area contributed by atoms with E-state index >= 15 is 0 Å². The van der Waals surface area contributed by atoms with Crippen molar-refractivity contribution in [3.05, 3.63) is 0 Å². The Kier molecular flexibility index (Phi) is 33.1. The highest BCUT2D eigenvalue weighted by molar-refractivity contribution is 4.87. The van der Waals surface area contributed by atoms with Crippen LogP contribution in [-0.4, -0.2) is 200 Å². The van der Waals surface area contributed by atoms with Gasteiger partial charge in [0.05, 0.1) is 59.0 Å². The summed E-state index contributed by atoms with van der Waals surface area (Å²) in [5, 5.41) is 87.0. The van der Waals surface area contributed by atoms with Crippen molar-refractivity contribution in [3.8, 4) is 0 Å². The van der Waals surface area contributed by atoms with Crippen molar-refractivity contribution < 1.29 is 88.6 Å². The quantitative estimate of drug-likeness (QED) is 0.0308. The minimum atomic E-state index is -1.19. The third-order valence-electron chi connectivity index (χ3n) is 10.5. The van der Waals surface area contributed by atoms with Crippen molar-refractivity contribution in [2.24, 2.45) is 23.2 Å². The Balaban J connectivity index is 2.52. The number of rotatable bonds is 40. The Morgan fingerprint density at radius 1 is 0.541 bits per heavy atom. The number of aliphatic hydroxyl groups is 9. The summed E-state index contributed by atoms with van der Waals surface area (Å²) < 4.78 is 53.0. The van der Waals surface area contributed by atoms with Crippen molar-refractivity contribution in [3.63, 3.8) is 0 Å². The van der Waals surface area contributed by atoms with Crippen LogP contribution in [-0.2, 0) is 42.6 Å². The summed E-state index contributed by atoms with van der Waals surface area (Å²) in [6.07, 6.45) is -2.00. The molecule has 0 aromatic heterocycles. The minimum Gasteiger partial charge on any atom is -0.394 e. The van der Waals surface area contributed by atoms with Crippen LogP contribution in [0.3, 0.4) is 0 Å². The molecular weight excluding hydrogens is 804 g/mol. The highest BCUT2D eigenvalue weighted by Gasteiger charge is 2.42. The van der Waals surface area contributed by atoms with Gasteiger partial charge in [-0.1, -0.05) is 41.5 Å². The Morgan fingerprint density at radius 3 is 1.30 bits per heavy atom. The number of hydrogen-bond donors (Lipinski definition) is 9. The lowest BCUT2D eigenvalue weighted by atomic mass is 9.92. The average Bonchev–Trinajstić information content (AvgIpc) is 3.24. The summed E-state index contributed by atoms with van der Waals surface area (Å²) in [5.41, 5.74) is -0.396. The van der Waals surface area contributed by atoms with E-state index in [2.05, 4.69) is 6.92 Å². The van der Waals surface area contributed by atoms with E-state index in [1.54, 1.807) is 6.92 Å². The van der Waals surface area contributed by atoms with Crippen LogP contribution < -0.4 is 0 Å². The molecule has 0 spiro atoms. The molecule has 61 heavy (non-hydrogen) atoms. The predicted octanol–water partition coefficient (Wildman–Crippen LogP) is 1.10. The monoisotopic (exact) mass is 891 g/mol. The lowest BCUT2D eigenvalue weighted by Crippen LogP contribution is -2.55. The maximum Gasteiger partial charge on any atom is 0.163 e. The zero-order chi connectivity index (χ0) is 45.6. The summed E-state index contributed by atoms with van der Waals surface area (Å²) in [5.74, 6) is -0.467. The third-order valence-corrected chi connectivity index (χ3v) is 10.5. The average molecular weight is 891 g/mol. The summed E-state index contributed by atoms with van der Waals surface area (Å²) in [4.78, 5) is 0. The maximum atomic E-state index is 10.3. The van der Waals surface area contributed by atoms with Crippen LogP contribution in [0.1, 0.15) is 99.3 Å². The van der Waals surface area contributed by atoms with Gasteiger partial charge in [0.15, 0.2) is 18.9 Å². The fourth-order valence-corrected chi connectivity index (χ4v) is 6.41. The highest BCUT2D eigenvalue weighted by atomic mass is 16.7. The molecule has 0 bridgehead atoms. The fraction of sp³-hybridized carbons (Fsp3) is 1.00. The molecule has 0 aromatic carbocycles. The van der Waals surface area contributed by atoms with E-state index in [0.717, 1.165) is 57.8 Å². The molecule has 18 heteroatoms.